The van der Waals surface area contributed by atoms with Gasteiger partial charge in [0.25, 0.3) is 11.8 Å². The van der Waals surface area contributed by atoms with Gasteiger partial charge in [-0.25, -0.2) is 4.98 Å². The van der Waals surface area contributed by atoms with Crippen molar-refractivity contribution in [1.29, 1.82) is 0 Å². The Morgan fingerprint density at radius 2 is 1.70 bits per heavy atom. The van der Waals surface area contributed by atoms with Crippen molar-refractivity contribution < 1.29 is 14.3 Å². The van der Waals surface area contributed by atoms with Gasteiger partial charge in [0.2, 0.25) is 5.88 Å². The van der Waals surface area contributed by atoms with Gasteiger partial charge >= 0.3 is 0 Å². The number of benzene rings is 1. The van der Waals surface area contributed by atoms with Crippen LogP contribution in [0.4, 0.5) is 0 Å². The van der Waals surface area contributed by atoms with Crippen LogP contribution in [0.5, 0.6) is 5.88 Å². The minimum absolute atomic E-state index is 0.0156. The summed E-state index contributed by atoms with van der Waals surface area (Å²) in [5, 5.41) is 0. The number of hydrogen-bond acceptors (Lipinski definition) is 4. The van der Waals surface area contributed by atoms with Crippen molar-refractivity contribution in [2.75, 3.05) is 27.2 Å². The lowest BCUT2D eigenvalue weighted by molar-refractivity contribution is 0.0588. The number of likely N-dealkylation sites (tertiary alicyclic amines) is 1. The summed E-state index contributed by atoms with van der Waals surface area (Å²) in [4.78, 5) is 32.0. The molecule has 1 aliphatic rings. The number of ether oxygens (including phenoxy) is 1. The van der Waals surface area contributed by atoms with E-state index in [1.54, 1.807) is 26.2 Å². The molecule has 1 aromatic carbocycles. The Kier molecular flexibility index (Phi) is 6.11. The van der Waals surface area contributed by atoms with Crippen molar-refractivity contribution in [2.45, 2.75) is 18.9 Å². The molecule has 1 fully saturated rings. The van der Waals surface area contributed by atoms with E-state index in [2.05, 4.69) is 20.9 Å². The van der Waals surface area contributed by atoms with Gasteiger partial charge in [-0.05, 0) is 30.3 Å². The van der Waals surface area contributed by atoms with Crippen LogP contribution < -0.4 is 4.74 Å². The summed E-state index contributed by atoms with van der Waals surface area (Å²) in [7, 11) is 3.41. The van der Waals surface area contributed by atoms with Gasteiger partial charge in [0, 0.05) is 62.3 Å². The second kappa shape index (κ2) is 8.52. The zero-order chi connectivity index (χ0) is 19.4. The van der Waals surface area contributed by atoms with E-state index in [4.69, 9.17) is 4.74 Å². The first-order valence-corrected chi connectivity index (χ1v) is 9.62. The number of rotatable bonds is 4. The first-order chi connectivity index (χ1) is 12.9. The maximum atomic E-state index is 12.6. The fraction of sp³-hybridized carbons (Fsp3) is 0.350. The molecule has 27 heavy (non-hydrogen) atoms. The molecule has 1 aromatic heterocycles. The van der Waals surface area contributed by atoms with Crippen LogP contribution in [-0.2, 0) is 0 Å². The number of hydrogen-bond donors (Lipinski definition) is 0. The van der Waals surface area contributed by atoms with Gasteiger partial charge in [0.1, 0.15) is 6.10 Å². The average molecular weight is 432 g/mol. The number of carbonyl (C=O) groups is 2. The Morgan fingerprint density at radius 3 is 2.26 bits per heavy atom. The zero-order valence-corrected chi connectivity index (χ0v) is 17.0. The third-order valence-corrected chi connectivity index (χ3v) is 5.03. The second-order valence-electron chi connectivity index (χ2n) is 6.70. The molecule has 2 heterocycles. The smallest absolute Gasteiger partial charge is 0.254 e. The molecule has 0 spiro atoms. The highest BCUT2D eigenvalue weighted by Gasteiger charge is 2.25. The predicted molar refractivity (Wildman–Crippen MR) is 106 cm³/mol. The normalized spacial score (nSPS) is 14.7. The third kappa shape index (κ3) is 4.86. The highest BCUT2D eigenvalue weighted by Crippen LogP contribution is 2.20. The predicted octanol–water partition coefficient (Wildman–Crippen LogP) is 3.23. The molecule has 2 amide bonds. The van der Waals surface area contributed by atoms with E-state index >= 15 is 0 Å². The fourth-order valence-corrected chi connectivity index (χ4v) is 3.22. The van der Waals surface area contributed by atoms with Crippen LogP contribution in [0.25, 0.3) is 0 Å². The first-order valence-electron chi connectivity index (χ1n) is 8.83. The van der Waals surface area contributed by atoms with Gasteiger partial charge in [0.05, 0.1) is 5.56 Å². The monoisotopic (exact) mass is 431 g/mol. The van der Waals surface area contributed by atoms with Crippen molar-refractivity contribution in [2.24, 2.45) is 0 Å². The molecule has 2 aromatic rings. The van der Waals surface area contributed by atoms with E-state index in [1.165, 1.54) is 11.1 Å². The van der Waals surface area contributed by atoms with Crippen molar-refractivity contribution in [1.82, 2.24) is 14.8 Å². The van der Waals surface area contributed by atoms with Gasteiger partial charge in [0.15, 0.2) is 0 Å². The summed E-state index contributed by atoms with van der Waals surface area (Å²) >= 11 is 3.38. The highest BCUT2D eigenvalue weighted by molar-refractivity contribution is 9.10. The van der Waals surface area contributed by atoms with Crippen LogP contribution in [0.15, 0.2) is 47.1 Å². The van der Waals surface area contributed by atoms with E-state index in [1.807, 2.05) is 29.2 Å². The SMILES string of the molecule is CN(C)C(=O)c1ccc(OC2CCN(C(=O)c3ccc(Br)cc3)CC2)nc1. The highest BCUT2D eigenvalue weighted by atomic mass is 79.9. The summed E-state index contributed by atoms with van der Waals surface area (Å²) in [5.41, 5.74) is 1.22. The molecule has 142 valence electrons. The standard InChI is InChI=1S/C20H22BrN3O3/c1-23(2)19(25)15-5-8-18(22-13-15)27-17-9-11-24(12-10-17)20(26)14-3-6-16(21)7-4-14/h3-8,13,17H,9-12H2,1-2H3. The number of halogens is 1. The van der Waals surface area contributed by atoms with Crippen molar-refractivity contribution in [3.05, 3.63) is 58.2 Å². The number of piperidine rings is 1. The number of carbonyl (C=O) groups excluding carboxylic acids is 2. The minimum atomic E-state index is -0.0891. The van der Waals surface area contributed by atoms with E-state index in [0.717, 1.165) is 17.3 Å². The van der Waals surface area contributed by atoms with Gasteiger partial charge in [-0.2, -0.15) is 0 Å². The van der Waals surface area contributed by atoms with Crippen LogP contribution in [0.3, 0.4) is 0 Å². The maximum Gasteiger partial charge on any atom is 0.254 e. The Labute approximate surface area is 167 Å². The molecule has 3 rings (SSSR count). The molecule has 0 saturated carbocycles. The molecule has 0 unspecified atom stereocenters. The molecule has 0 atom stereocenters. The van der Waals surface area contributed by atoms with Gasteiger partial charge in [-0.15, -0.1) is 0 Å². The minimum Gasteiger partial charge on any atom is -0.474 e. The molecule has 0 aliphatic carbocycles. The lowest BCUT2D eigenvalue weighted by atomic mass is 10.1. The summed E-state index contributed by atoms with van der Waals surface area (Å²) in [6, 6.07) is 10.8. The van der Waals surface area contributed by atoms with Crippen LogP contribution in [0.2, 0.25) is 0 Å². The summed E-state index contributed by atoms with van der Waals surface area (Å²) < 4.78 is 6.88. The lowest BCUT2D eigenvalue weighted by Gasteiger charge is -2.32. The molecule has 0 radical (unpaired) electrons. The first kappa shape index (κ1) is 19.4. The molecule has 0 N–H and O–H groups in total. The fourth-order valence-electron chi connectivity index (χ4n) is 2.96. The average Bonchev–Trinajstić information content (AvgIpc) is 2.68. The Balaban J connectivity index is 1.53. The number of nitrogens with zero attached hydrogens (tertiary/aromatic N) is 3. The van der Waals surface area contributed by atoms with Crippen LogP contribution >= 0.6 is 15.9 Å². The quantitative estimate of drug-likeness (QED) is 0.745. The number of aromatic nitrogens is 1. The second-order valence-corrected chi connectivity index (χ2v) is 7.62. The molecular weight excluding hydrogens is 410 g/mol. The maximum absolute atomic E-state index is 12.6. The van der Waals surface area contributed by atoms with Gasteiger partial charge in [-0.3, -0.25) is 9.59 Å². The summed E-state index contributed by atoms with van der Waals surface area (Å²) in [5.74, 6) is 0.461. The van der Waals surface area contributed by atoms with E-state index in [-0.39, 0.29) is 17.9 Å². The molecule has 1 aliphatic heterocycles. The van der Waals surface area contributed by atoms with E-state index in [9.17, 15) is 9.59 Å². The van der Waals surface area contributed by atoms with Gasteiger partial charge < -0.3 is 14.5 Å². The van der Waals surface area contributed by atoms with Gasteiger partial charge in [-0.1, -0.05) is 15.9 Å². The molecule has 0 bridgehead atoms. The van der Waals surface area contributed by atoms with Crippen molar-refractivity contribution in [3.8, 4) is 5.88 Å². The largest absolute Gasteiger partial charge is 0.474 e. The van der Waals surface area contributed by atoms with Crippen molar-refractivity contribution >= 4 is 27.7 Å². The van der Waals surface area contributed by atoms with Crippen LogP contribution in [0, 0.1) is 0 Å². The zero-order valence-electron chi connectivity index (χ0n) is 15.4. The molecule has 6 nitrogen and oxygen atoms in total. The number of pyridine rings is 1. The third-order valence-electron chi connectivity index (χ3n) is 4.50. The van der Waals surface area contributed by atoms with Crippen LogP contribution in [-0.4, -0.2) is 59.9 Å². The molecule has 7 heteroatoms. The van der Waals surface area contributed by atoms with Crippen molar-refractivity contribution in [3.63, 3.8) is 0 Å². The summed E-state index contributed by atoms with van der Waals surface area (Å²) in [6.07, 6.45) is 3.05. The van der Waals surface area contributed by atoms with Crippen LogP contribution in [0.1, 0.15) is 33.6 Å². The Morgan fingerprint density at radius 1 is 1.07 bits per heavy atom. The van der Waals surface area contributed by atoms with E-state index < -0.39 is 0 Å². The topological polar surface area (TPSA) is 62.7 Å². The summed E-state index contributed by atoms with van der Waals surface area (Å²) in [6.45, 7) is 1.30. The Bertz CT molecular complexity index is 798. The Hall–Kier alpha value is -2.41. The van der Waals surface area contributed by atoms with E-state index in [0.29, 0.717) is 30.1 Å². The lowest BCUT2D eigenvalue weighted by Crippen LogP contribution is -2.41. The molecular formula is C20H22BrN3O3. The number of amides is 2. The molecule has 1 saturated heterocycles.